The molecular formula is C23H33IN4O. The number of nitrogens with one attached hydrogen (secondary N) is 3. The minimum absolute atomic E-state index is 0. The molecule has 29 heavy (non-hydrogen) atoms. The molecule has 158 valence electrons. The zero-order chi connectivity index (χ0) is 20.4. The van der Waals surface area contributed by atoms with Gasteiger partial charge in [0.1, 0.15) is 0 Å². The lowest BCUT2D eigenvalue weighted by Gasteiger charge is -2.26. The molecule has 0 bridgehead atoms. The second-order valence-corrected chi connectivity index (χ2v) is 7.52. The third-order valence-electron chi connectivity index (χ3n) is 4.65. The van der Waals surface area contributed by atoms with Crippen LogP contribution in [0.5, 0.6) is 0 Å². The number of aliphatic imine (C=N–C) groups is 1. The maximum absolute atomic E-state index is 11.7. The van der Waals surface area contributed by atoms with Crippen molar-refractivity contribution < 1.29 is 4.79 Å². The fraction of sp³-hybridized carbons (Fsp3) is 0.391. The van der Waals surface area contributed by atoms with Crippen molar-refractivity contribution in [3.8, 4) is 0 Å². The predicted molar refractivity (Wildman–Crippen MR) is 133 cm³/mol. The molecule has 0 fully saturated rings. The smallest absolute Gasteiger partial charge is 0.224 e. The van der Waals surface area contributed by atoms with Gasteiger partial charge in [0, 0.05) is 37.7 Å². The maximum atomic E-state index is 11.7. The SMILES string of the molecule is CCCC(=O)Nc1ccc(CNC(=NC)NCC(C)(C)c2ccccc2)cc1.I. The topological polar surface area (TPSA) is 65.5 Å². The lowest BCUT2D eigenvalue weighted by atomic mass is 9.85. The second-order valence-electron chi connectivity index (χ2n) is 7.52. The Kier molecular flexibility index (Phi) is 10.7. The fourth-order valence-electron chi connectivity index (χ4n) is 2.86. The van der Waals surface area contributed by atoms with E-state index in [0.29, 0.717) is 13.0 Å². The van der Waals surface area contributed by atoms with Gasteiger partial charge >= 0.3 is 0 Å². The molecule has 0 radical (unpaired) electrons. The molecule has 0 aliphatic heterocycles. The van der Waals surface area contributed by atoms with Crippen molar-refractivity contribution in [3.63, 3.8) is 0 Å². The van der Waals surface area contributed by atoms with E-state index >= 15 is 0 Å². The molecule has 0 atom stereocenters. The van der Waals surface area contributed by atoms with Crippen molar-refractivity contribution >= 4 is 41.5 Å². The van der Waals surface area contributed by atoms with E-state index in [4.69, 9.17) is 0 Å². The molecule has 0 saturated carbocycles. The summed E-state index contributed by atoms with van der Waals surface area (Å²) in [4.78, 5) is 16.0. The average Bonchev–Trinajstić information content (AvgIpc) is 2.70. The number of rotatable bonds is 8. The summed E-state index contributed by atoms with van der Waals surface area (Å²) in [5.74, 6) is 0.823. The van der Waals surface area contributed by atoms with Crippen LogP contribution in [0.2, 0.25) is 0 Å². The van der Waals surface area contributed by atoms with E-state index < -0.39 is 0 Å². The minimum atomic E-state index is -0.00275. The van der Waals surface area contributed by atoms with Crippen LogP contribution in [0, 0.1) is 0 Å². The number of carbonyl (C=O) groups excluding carboxylic acids is 1. The first-order valence-corrected chi connectivity index (χ1v) is 9.83. The number of hydrogen-bond donors (Lipinski definition) is 3. The van der Waals surface area contributed by atoms with Crippen LogP contribution in [0.1, 0.15) is 44.7 Å². The number of hydrogen-bond acceptors (Lipinski definition) is 2. The van der Waals surface area contributed by atoms with Gasteiger partial charge in [-0.15, -0.1) is 24.0 Å². The number of nitrogens with zero attached hydrogens (tertiary/aromatic N) is 1. The predicted octanol–water partition coefficient (Wildman–Crippen LogP) is 4.69. The number of halogens is 1. The van der Waals surface area contributed by atoms with Crippen molar-refractivity contribution in [3.05, 3.63) is 65.7 Å². The average molecular weight is 508 g/mol. The van der Waals surface area contributed by atoms with Crippen molar-refractivity contribution in [1.82, 2.24) is 10.6 Å². The summed E-state index contributed by atoms with van der Waals surface area (Å²) in [6.07, 6.45) is 1.39. The van der Waals surface area contributed by atoms with Crippen LogP contribution < -0.4 is 16.0 Å². The fourth-order valence-corrected chi connectivity index (χ4v) is 2.86. The van der Waals surface area contributed by atoms with Crippen molar-refractivity contribution in [1.29, 1.82) is 0 Å². The largest absolute Gasteiger partial charge is 0.356 e. The molecule has 0 heterocycles. The highest BCUT2D eigenvalue weighted by Crippen LogP contribution is 2.21. The molecule has 3 N–H and O–H groups in total. The molecule has 2 aromatic carbocycles. The highest BCUT2D eigenvalue weighted by atomic mass is 127. The third-order valence-corrected chi connectivity index (χ3v) is 4.65. The molecule has 0 aliphatic rings. The zero-order valence-electron chi connectivity index (χ0n) is 17.8. The van der Waals surface area contributed by atoms with Crippen LogP contribution in [-0.2, 0) is 16.8 Å². The van der Waals surface area contributed by atoms with Crippen molar-refractivity contribution in [2.45, 2.75) is 45.6 Å². The minimum Gasteiger partial charge on any atom is -0.356 e. The van der Waals surface area contributed by atoms with Gasteiger partial charge in [-0.25, -0.2) is 0 Å². The van der Waals surface area contributed by atoms with Crippen LogP contribution >= 0.6 is 24.0 Å². The lowest BCUT2D eigenvalue weighted by molar-refractivity contribution is -0.116. The first kappa shape index (κ1) is 24.9. The Morgan fingerprint density at radius 1 is 1.00 bits per heavy atom. The van der Waals surface area contributed by atoms with E-state index in [-0.39, 0.29) is 35.3 Å². The van der Waals surface area contributed by atoms with Gasteiger partial charge in [0.25, 0.3) is 0 Å². The normalized spacial score (nSPS) is 11.4. The van der Waals surface area contributed by atoms with Crippen LogP contribution in [-0.4, -0.2) is 25.5 Å². The number of amides is 1. The summed E-state index contributed by atoms with van der Waals surface area (Å²) < 4.78 is 0. The summed E-state index contributed by atoms with van der Waals surface area (Å²) in [6.45, 7) is 7.87. The third kappa shape index (κ3) is 8.43. The van der Waals surface area contributed by atoms with Crippen molar-refractivity contribution in [2.24, 2.45) is 4.99 Å². The van der Waals surface area contributed by atoms with E-state index in [1.807, 2.05) is 37.3 Å². The Balaban J connectivity index is 0.00000420. The van der Waals surface area contributed by atoms with Gasteiger partial charge in [-0.2, -0.15) is 0 Å². The summed E-state index contributed by atoms with van der Waals surface area (Å²) in [6, 6.07) is 18.4. The highest BCUT2D eigenvalue weighted by Gasteiger charge is 2.20. The molecular weight excluding hydrogens is 475 g/mol. The molecule has 0 saturated heterocycles. The van der Waals surface area contributed by atoms with E-state index in [9.17, 15) is 4.79 Å². The lowest BCUT2D eigenvalue weighted by Crippen LogP contribution is -2.43. The van der Waals surface area contributed by atoms with Crippen LogP contribution in [0.4, 0.5) is 5.69 Å². The number of carbonyl (C=O) groups is 1. The first-order valence-electron chi connectivity index (χ1n) is 9.83. The van der Waals surface area contributed by atoms with Gasteiger partial charge in [-0.1, -0.05) is 63.2 Å². The number of benzene rings is 2. The molecule has 6 heteroatoms. The van der Waals surface area contributed by atoms with Crippen molar-refractivity contribution in [2.75, 3.05) is 18.9 Å². The Bertz CT molecular complexity index is 773. The molecule has 0 unspecified atom stereocenters. The Labute approximate surface area is 191 Å². The summed E-state index contributed by atoms with van der Waals surface area (Å²) in [5.41, 5.74) is 3.24. The highest BCUT2D eigenvalue weighted by molar-refractivity contribution is 14.0. The van der Waals surface area contributed by atoms with E-state index in [2.05, 4.69) is 59.1 Å². The molecule has 2 aromatic rings. The van der Waals surface area contributed by atoms with Gasteiger partial charge in [-0.05, 0) is 29.7 Å². The Hall–Kier alpha value is -2.09. The van der Waals surface area contributed by atoms with Gasteiger partial charge in [0.05, 0.1) is 0 Å². The first-order chi connectivity index (χ1) is 13.4. The van der Waals surface area contributed by atoms with E-state index in [1.54, 1.807) is 7.05 Å². The molecule has 0 aromatic heterocycles. The monoisotopic (exact) mass is 508 g/mol. The number of guanidine groups is 1. The summed E-state index contributed by atoms with van der Waals surface area (Å²) in [5, 5.41) is 9.66. The van der Waals surface area contributed by atoms with Crippen LogP contribution in [0.25, 0.3) is 0 Å². The molecule has 0 spiro atoms. The van der Waals surface area contributed by atoms with Gasteiger partial charge in [0.15, 0.2) is 5.96 Å². The van der Waals surface area contributed by atoms with E-state index in [0.717, 1.165) is 30.2 Å². The van der Waals surface area contributed by atoms with Gasteiger partial charge in [-0.3, -0.25) is 9.79 Å². The molecule has 1 amide bonds. The number of anilines is 1. The molecule has 5 nitrogen and oxygen atoms in total. The zero-order valence-corrected chi connectivity index (χ0v) is 20.1. The Morgan fingerprint density at radius 2 is 1.66 bits per heavy atom. The summed E-state index contributed by atoms with van der Waals surface area (Å²) in [7, 11) is 1.78. The standard InChI is InChI=1S/C23H32N4O.HI/c1-5-9-21(28)27-20-14-12-18(13-15-20)16-25-22(24-4)26-17-23(2,3)19-10-7-6-8-11-19;/h6-8,10-15H,5,9,16-17H2,1-4H3,(H,27,28)(H2,24,25,26);1H. The van der Waals surface area contributed by atoms with E-state index in [1.165, 1.54) is 5.56 Å². The quantitative estimate of drug-likeness (QED) is 0.276. The summed E-state index contributed by atoms with van der Waals surface area (Å²) >= 11 is 0. The molecule has 2 rings (SSSR count). The molecule has 0 aliphatic carbocycles. The Morgan fingerprint density at radius 3 is 2.24 bits per heavy atom. The van der Waals surface area contributed by atoms with Crippen LogP contribution in [0.3, 0.4) is 0 Å². The van der Waals surface area contributed by atoms with Gasteiger partial charge in [0.2, 0.25) is 5.91 Å². The van der Waals surface area contributed by atoms with Crippen LogP contribution in [0.15, 0.2) is 59.6 Å². The van der Waals surface area contributed by atoms with Gasteiger partial charge < -0.3 is 16.0 Å². The maximum Gasteiger partial charge on any atom is 0.224 e. The second kappa shape index (κ2) is 12.5.